The SMILES string of the molecule is C[C@H]1CN(C(=O)Cn2cccn2)C[C@H](C)O1. The maximum Gasteiger partial charge on any atom is 0.244 e. The Morgan fingerprint density at radius 1 is 1.44 bits per heavy atom. The second kappa shape index (κ2) is 4.65. The number of nitrogens with zero attached hydrogens (tertiary/aromatic N) is 3. The minimum atomic E-state index is 0.103. The fourth-order valence-electron chi connectivity index (χ4n) is 2.01. The molecule has 2 heterocycles. The molecule has 0 saturated carbocycles. The standard InChI is InChI=1S/C11H17N3O2/c1-9-6-13(7-10(2)16-9)11(15)8-14-5-3-4-12-14/h3-5,9-10H,6-8H2,1-2H3/t9-,10-/m0/s1. The van der Waals surface area contributed by atoms with Crippen LogP contribution in [-0.2, 0) is 16.1 Å². The summed E-state index contributed by atoms with van der Waals surface area (Å²) in [5.74, 6) is 0.103. The van der Waals surface area contributed by atoms with E-state index < -0.39 is 0 Å². The summed E-state index contributed by atoms with van der Waals surface area (Å²) in [5, 5.41) is 4.03. The van der Waals surface area contributed by atoms with Crippen molar-refractivity contribution in [1.29, 1.82) is 0 Å². The number of aromatic nitrogens is 2. The van der Waals surface area contributed by atoms with Crippen LogP contribution < -0.4 is 0 Å². The van der Waals surface area contributed by atoms with E-state index >= 15 is 0 Å². The Labute approximate surface area is 95.0 Å². The molecule has 5 nitrogen and oxygen atoms in total. The summed E-state index contributed by atoms with van der Waals surface area (Å²) < 4.78 is 7.23. The van der Waals surface area contributed by atoms with Gasteiger partial charge in [-0.25, -0.2) is 0 Å². The van der Waals surface area contributed by atoms with Gasteiger partial charge in [0.1, 0.15) is 6.54 Å². The van der Waals surface area contributed by atoms with Gasteiger partial charge in [0.2, 0.25) is 5.91 Å². The molecule has 2 rings (SSSR count). The van der Waals surface area contributed by atoms with Gasteiger partial charge < -0.3 is 9.64 Å². The van der Waals surface area contributed by atoms with Gasteiger partial charge in [-0.05, 0) is 19.9 Å². The van der Waals surface area contributed by atoms with E-state index in [-0.39, 0.29) is 18.1 Å². The van der Waals surface area contributed by atoms with Gasteiger partial charge in [-0.3, -0.25) is 9.48 Å². The highest BCUT2D eigenvalue weighted by Gasteiger charge is 2.25. The van der Waals surface area contributed by atoms with Crippen LogP contribution in [-0.4, -0.2) is 45.9 Å². The first-order valence-electron chi connectivity index (χ1n) is 5.56. The van der Waals surface area contributed by atoms with Crippen LogP contribution in [0, 0.1) is 0 Å². The molecule has 0 radical (unpaired) electrons. The maximum atomic E-state index is 12.0. The molecule has 1 fully saturated rings. The van der Waals surface area contributed by atoms with E-state index in [9.17, 15) is 4.79 Å². The van der Waals surface area contributed by atoms with Crippen molar-refractivity contribution in [3.05, 3.63) is 18.5 Å². The highest BCUT2D eigenvalue weighted by molar-refractivity contribution is 5.76. The molecule has 1 amide bonds. The number of carbonyl (C=O) groups excluding carboxylic acids is 1. The third kappa shape index (κ3) is 2.61. The second-order valence-electron chi connectivity index (χ2n) is 4.26. The van der Waals surface area contributed by atoms with Gasteiger partial charge in [0.15, 0.2) is 0 Å². The van der Waals surface area contributed by atoms with Crippen molar-refractivity contribution in [2.24, 2.45) is 0 Å². The Kier molecular flexibility index (Phi) is 3.24. The molecule has 0 bridgehead atoms. The first kappa shape index (κ1) is 11.1. The predicted octanol–water partition coefficient (Wildman–Crippen LogP) is 0.519. The van der Waals surface area contributed by atoms with Gasteiger partial charge in [-0.15, -0.1) is 0 Å². The Bertz CT molecular complexity index is 340. The quantitative estimate of drug-likeness (QED) is 0.734. The molecule has 88 valence electrons. The number of amides is 1. The van der Waals surface area contributed by atoms with E-state index in [0.717, 1.165) is 0 Å². The summed E-state index contributed by atoms with van der Waals surface area (Å²) in [6, 6.07) is 1.82. The molecule has 2 atom stereocenters. The van der Waals surface area contributed by atoms with Crippen LogP contribution in [0.25, 0.3) is 0 Å². The zero-order valence-corrected chi connectivity index (χ0v) is 9.67. The van der Waals surface area contributed by atoms with E-state index in [4.69, 9.17) is 4.74 Å². The van der Waals surface area contributed by atoms with Crippen LogP contribution in [0.3, 0.4) is 0 Å². The summed E-state index contributed by atoms with van der Waals surface area (Å²) in [5.41, 5.74) is 0. The third-order valence-electron chi connectivity index (χ3n) is 2.63. The highest BCUT2D eigenvalue weighted by atomic mass is 16.5. The summed E-state index contributed by atoms with van der Waals surface area (Å²) in [4.78, 5) is 13.8. The first-order chi connectivity index (χ1) is 7.65. The lowest BCUT2D eigenvalue weighted by Crippen LogP contribution is -2.49. The van der Waals surface area contributed by atoms with E-state index in [1.807, 2.05) is 24.8 Å². The topological polar surface area (TPSA) is 47.4 Å². The van der Waals surface area contributed by atoms with Gasteiger partial charge in [0.05, 0.1) is 12.2 Å². The molecular formula is C11H17N3O2. The van der Waals surface area contributed by atoms with Crippen LogP contribution in [0.15, 0.2) is 18.5 Å². The van der Waals surface area contributed by atoms with Gasteiger partial charge in [0.25, 0.3) is 0 Å². The van der Waals surface area contributed by atoms with Gasteiger partial charge in [-0.1, -0.05) is 0 Å². The maximum absolute atomic E-state index is 12.0. The molecule has 5 heteroatoms. The van der Waals surface area contributed by atoms with E-state index in [1.54, 1.807) is 17.1 Å². The van der Waals surface area contributed by atoms with Crippen molar-refractivity contribution in [3.8, 4) is 0 Å². The third-order valence-corrected chi connectivity index (χ3v) is 2.63. The molecule has 1 aromatic rings. The van der Waals surface area contributed by atoms with E-state index in [2.05, 4.69) is 5.10 Å². The lowest BCUT2D eigenvalue weighted by molar-refractivity contribution is -0.144. The molecule has 0 aliphatic carbocycles. The van der Waals surface area contributed by atoms with Gasteiger partial charge in [-0.2, -0.15) is 5.10 Å². The molecule has 1 saturated heterocycles. The minimum Gasteiger partial charge on any atom is -0.372 e. The zero-order valence-electron chi connectivity index (χ0n) is 9.67. The molecular weight excluding hydrogens is 206 g/mol. The average molecular weight is 223 g/mol. The monoisotopic (exact) mass is 223 g/mol. The largest absolute Gasteiger partial charge is 0.372 e. The normalized spacial score (nSPS) is 25.8. The van der Waals surface area contributed by atoms with Crippen molar-refractivity contribution >= 4 is 5.91 Å². The van der Waals surface area contributed by atoms with Crippen molar-refractivity contribution in [2.75, 3.05) is 13.1 Å². The Balaban J connectivity index is 1.94. The van der Waals surface area contributed by atoms with Crippen LogP contribution >= 0.6 is 0 Å². The lowest BCUT2D eigenvalue weighted by atomic mass is 10.2. The van der Waals surface area contributed by atoms with Crippen LogP contribution in [0.5, 0.6) is 0 Å². The average Bonchev–Trinajstić information content (AvgIpc) is 2.68. The van der Waals surface area contributed by atoms with Crippen LogP contribution in [0.1, 0.15) is 13.8 Å². The molecule has 0 N–H and O–H groups in total. The van der Waals surface area contributed by atoms with Crippen molar-refractivity contribution in [2.45, 2.75) is 32.6 Å². The Morgan fingerprint density at radius 3 is 2.69 bits per heavy atom. The van der Waals surface area contributed by atoms with Gasteiger partial charge >= 0.3 is 0 Å². The smallest absolute Gasteiger partial charge is 0.244 e. The van der Waals surface area contributed by atoms with E-state index in [0.29, 0.717) is 19.6 Å². The van der Waals surface area contributed by atoms with Crippen molar-refractivity contribution in [1.82, 2.24) is 14.7 Å². The number of carbonyl (C=O) groups is 1. The first-order valence-corrected chi connectivity index (χ1v) is 5.56. The number of hydrogen-bond donors (Lipinski definition) is 0. The number of rotatable bonds is 2. The fourth-order valence-corrected chi connectivity index (χ4v) is 2.01. The molecule has 0 spiro atoms. The van der Waals surface area contributed by atoms with E-state index in [1.165, 1.54) is 0 Å². The second-order valence-corrected chi connectivity index (χ2v) is 4.26. The summed E-state index contributed by atoms with van der Waals surface area (Å²) in [7, 11) is 0. The predicted molar refractivity (Wildman–Crippen MR) is 58.8 cm³/mol. The number of ether oxygens (including phenoxy) is 1. The zero-order chi connectivity index (χ0) is 11.5. The fraction of sp³-hybridized carbons (Fsp3) is 0.636. The minimum absolute atomic E-state index is 0.103. The van der Waals surface area contributed by atoms with Crippen LogP contribution in [0.2, 0.25) is 0 Å². The molecule has 0 unspecified atom stereocenters. The van der Waals surface area contributed by atoms with Crippen molar-refractivity contribution < 1.29 is 9.53 Å². The Hall–Kier alpha value is -1.36. The lowest BCUT2D eigenvalue weighted by Gasteiger charge is -2.35. The molecule has 1 aromatic heterocycles. The number of hydrogen-bond acceptors (Lipinski definition) is 3. The number of morpholine rings is 1. The molecule has 1 aliphatic heterocycles. The van der Waals surface area contributed by atoms with Gasteiger partial charge in [0, 0.05) is 25.5 Å². The molecule has 0 aromatic carbocycles. The molecule has 1 aliphatic rings. The van der Waals surface area contributed by atoms with Crippen LogP contribution in [0.4, 0.5) is 0 Å². The Morgan fingerprint density at radius 2 is 2.12 bits per heavy atom. The summed E-state index contributed by atoms with van der Waals surface area (Å²) in [6.07, 6.45) is 3.71. The summed E-state index contributed by atoms with van der Waals surface area (Å²) in [6.45, 7) is 5.63. The molecule has 16 heavy (non-hydrogen) atoms. The van der Waals surface area contributed by atoms with Crippen molar-refractivity contribution in [3.63, 3.8) is 0 Å². The highest BCUT2D eigenvalue weighted by Crippen LogP contribution is 2.11. The summed E-state index contributed by atoms with van der Waals surface area (Å²) >= 11 is 0.